The number of aliphatic hydroxyl groups is 1. The zero-order valence-corrected chi connectivity index (χ0v) is 14.4. The van der Waals surface area contributed by atoms with Crippen LogP contribution in [0.3, 0.4) is 0 Å². The number of fused-ring (bicyclic) bond motifs is 2. The molecular formula is C21H18O6. The minimum absolute atomic E-state index is 0.0547. The van der Waals surface area contributed by atoms with Crippen molar-refractivity contribution in [3.8, 4) is 11.1 Å². The Hall–Kier alpha value is -2.99. The molecule has 1 heterocycles. The average Bonchev–Trinajstić information content (AvgIpc) is 2.84. The fourth-order valence-electron chi connectivity index (χ4n) is 3.86. The smallest absolute Gasteiger partial charge is 0.338 e. The van der Waals surface area contributed by atoms with Crippen LogP contribution in [0.1, 0.15) is 16.8 Å². The van der Waals surface area contributed by atoms with Crippen molar-refractivity contribution in [2.45, 2.75) is 24.7 Å². The summed E-state index contributed by atoms with van der Waals surface area (Å²) < 4.78 is 10.6. The molecule has 2 aromatic rings. The number of rotatable bonds is 4. The monoisotopic (exact) mass is 366 g/mol. The molecule has 4 rings (SSSR count). The lowest BCUT2D eigenvalue weighted by molar-refractivity contribution is -0.168. The molecule has 6 nitrogen and oxygen atoms in total. The largest absolute Gasteiger partial charge is 0.456 e. The van der Waals surface area contributed by atoms with Crippen molar-refractivity contribution >= 4 is 18.2 Å². The molecule has 2 aliphatic rings. The van der Waals surface area contributed by atoms with Crippen LogP contribution in [0.4, 0.5) is 0 Å². The molecule has 2 fully saturated rings. The second-order valence-electron chi connectivity index (χ2n) is 6.84. The number of carbonyl (C=O) groups excluding carboxylic acids is 3. The lowest BCUT2D eigenvalue weighted by atomic mass is 9.91. The zero-order valence-electron chi connectivity index (χ0n) is 14.4. The molecule has 0 aromatic heterocycles. The van der Waals surface area contributed by atoms with Gasteiger partial charge in [0.2, 0.25) is 0 Å². The molecule has 2 bridgehead atoms. The molecule has 1 saturated heterocycles. The van der Waals surface area contributed by atoms with Crippen LogP contribution in [0, 0.1) is 11.8 Å². The molecule has 0 amide bonds. The molecule has 1 aliphatic carbocycles. The topological polar surface area (TPSA) is 89.9 Å². The summed E-state index contributed by atoms with van der Waals surface area (Å²) in [4.78, 5) is 35.6. The summed E-state index contributed by atoms with van der Waals surface area (Å²) in [6.07, 6.45) is -2.40. The van der Waals surface area contributed by atoms with Crippen LogP contribution in [-0.4, -0.2) is 41.6 Å². The van der Waals surface area contributed by atoms with E-state index in [0.717, 1.165) is 11.1 Å². The number of carbonyl (C=O) groups is 3. The van der Waals surface area contributed by atoms with Crippen molar-refractivity contribution in [1.82, 2.24) is 0 Å². The standard InChI is InChI=1S/C21H18O6/c22-11-16-15-10-17(23)26-20(18(15)24)19(16)27-21(25)14-8-6-13(7-9-14)12-4-2-1-3-5-12/h1-9,11,15-16,18-20,24H,10H2/t15-,16?,18+,19+,20?/m1/s1. The van der Waals surface area contributed by atoms with Crippen molar-refractivity contribution in [3.05, 3.63) is 60.2 Å². The molecular weight excluding hydrogens is 348 g/mol. The number of benzene rings is 2. The van der Waals surface area contributed by atoms with E-state index in [1.165, 1.54) is 0 Å². The quantitative estimate of drug-likeness (QED) is 0.658. The molecule has 1 saturated carbocycles. The van der Waals surface area contributed by atoms with Gasteiger partial charge < -0.3 is 19.4 Å². The fraction of sp³-hybridized carbons (Fsp3) is 0.286. The number of ether oxygens (including phenoxy) is 2. The van der Waals surface area contributed by atoms with E-state index in [-0.39, 0.29) is 6.42 Å². The Kier molecular flexibility index (Phi) is 4.49. The molecule has 27 heavy (non-hydrogen) atoms. The van der Waals surface area contributed by atoms with E-state index >= 15 is 0 Å². The maximum Gasteiger partial charge on any atom is 0.338 e. The van der Waals surface area contributed by atoms with E-state index in [1.807, 2.05) is 42.5 Å². The second-order valence-corrected chi connectivity index (χ2v) is 6.84. The Morgan fingerprint density at radius 1 is 1.07 bits per heavy atom. The van der Waals surface area contributed by atoms with Gasteiger partial charge >= 0.3 is 11.9 Å². The minimum atomic E-state index is -1.00. The lowest BCUT2D eigenvalue weighted by Gasteiger charge is -2.26. The van der Waals surface area contributed by atoms with Gasteiger partial charge in [0.25, 0.3) is 0 Å². The Labute approximate surface area is 155 Å². The van der Waals surface area contributed by atoms with Crippen LogP contribution < -0.4 is 0 Å². The predicted octanol–water partition coefficient (Wildman–Crippen LogP) is 2.00. The van der Waals surface area contributed by atoms with Gasteiger partial charge in [-0.1, -0.05) is 42.5 Å². The Bertz CT molecular complexity index is 860. The minimum Gasteiger partial charge on any atom is -0.456 e. The number of hydrogen-bond acceptors (Lipinski definition) is 6. The van der Waals surface area contributed by atoms with Gasteiger partial charge in [-0.2, -0.15) is 0 Å². The van der Waals surface area contributed by atoms with Crippen molar-refractivity contribution in [1.29, 1.82) is 0 Å². The van der Waals surface area contributed by atoms with Crippen LogP contribution in [0.15, 0.2) is 54.6 Å². The van der Waals surface area contributed by atoms with Crippen LogP contribution in [-0.2, 0) is 19.1 Å². The summed E-state index contributed by atoms with van der Waals surface area (Å²) in [7, 11) is 0. The first-order chi connectivity index (χ1) is 13.1. The molecule has 2 unspecified atom stereocenters. The van der Waals surface area contributed by atoms with Gasteiger partial charge in [-0.3, -0.25) is 4.79 Å². The average molecular weight is 366 g/mol. The van der Waals surface area contributed by atoms with Crippen molar-refractivity contribution in [2.75, 3.05) is 0 Å². The maximum absolute atomic E-state index is 12.5. The van der Waals surface area contributed by atoms with Crippen LogP contribution in [0.2, 0.25) is 0 Å². The van der Waals surface area contributed by atoms with Crippen LogP contribution >= 0.6 is 0 Å². The molecule has 5 atom stereocenters. The normalized spacial score (nSPS) is 29.1. The van der Waals surface area contributed by atoms with E-state index in [2.05, 4.69) is 0 Å². The Balaban J connectivity index is 1.52. The summed E-state index contributed by atoms with van der Waals surface area (Å²) in [5.74, 6) is -2.45. The SMILES string of the molecule is O=CC1[C@H](OC(=O)c2ccc(-c3ccccc3)cc2)C2OC(=O)C[C@H]1[C@@H]2O. The molecule has 0 spiro atoms. The number of aliphatic hydroxyl groups excluding tert-OH is 1. The molecule has 0 radical (unpaired) electrons. The number of esters is 2. The molecule has 138 valence electrons. The van der Waals surface area contributed by atoms with Gasteiger partial charge in [-0.25, -0.2) is 4.79 Å². The highest BCUT2D eigenvalue weighted by Gasteiger charge is 2.57. The van der Waals surface area contributed by atoms with E-state index in [9.17, 15) is 19.5 Å². The van der Waals surface area contributed by atoms with E-state index in [4.69, 9.17) is 9.47 Å². The fourth-order valence-corrected chi connectivity index (χ4v) is 3.86. The summed E-state index contributed by atoms with van der Waals surface area (Å²) >= 11 is 0. The Morgan fingerprint density at radius 3 is 2.41 bits per heavy atom. The van der Waals surface area contributed by atoms with Gasteiger partial charge in [0.05, 0.1) is 24.0 Å². The van der Waals surface area contributed by atoms with Gasteiger partial charge in [0, 0.05) is 5.92 Å². The predicted molar refractivity (Wildman–Crippen MR) is 94.6 cm³/mol. The van der Waals surface area contributed by atoms with Crippen LogP contribution in [0.25, 0.3) is 11.1 Å². The first-order valence-corrected chi connectivity index (χ1v) is 8.78. The lowest BCUT2D eigenvalue weighted by Crippen LogP contribution is -2.41. The summed E-state index contributed by atoms with van der Waals surface area (Å²) in [5.41, 5.74) is 2.30. The number of hydrogen-bond donors (Lipinski definition) is 1. The van der Waals surface area contributed by atoms with Gasteiger partial charge in [0.15, 0.2) is 12.2 Å². The van der Waals surface area contributed by atoms with E-state index < -0.39 is 42.1 Å². The molecule has 1 aliphatic heterocycles. The molecule has 2 aromatic carbocycles. The van der Waals surface area contributed by atoms with Crippen molar-refractivity contribution in [2.24, 2.45) is 11.8 Å². The molecule has 6 heteroatoms. The van der Waals surface area contributed by atoms with E-state index in [1.54, 1.807) is 12.1 Å². The third-order valence-corrected chi connectivity index (χ3v) is 5.27. The zero-order chi connectivity index (χ0) is 19.0. The van der Waals surface area contributed by atoms with Gasteiger partial charge in [-0.05, 0) is 23.3 Å². The maximum atomic E-state index is 12.5. The number of aldehydes is 1. The third-order valence-electron chi connectivity index (χ3n) is 5.27. The Morgan fingerprint density at radius 2 is 1.74 bits per heavy atom. The highest BCUT2D eigenvalue weighted by atomic mass is 16.6. The third kappa shape index (κ3) is 3.13. The van der Waals surface area contributed by atoms with Crippen LogP contribution in [0.5, 0.6) is 0 Å². The summed E-state index contributed by atoms with van der Waals surface area (Å²) in [6.45, 7) is 0. The highest BCUT2D eigenvalue weighted by molar-refractivity contribution is 5.90. The van der Waals surface area contributed by atoms with Gasteiger partial charge in [-0.15, -0.1) is 0 Å². The van der Waals surface area contributed by atoms with Crippen molar-refractivity contribution in [3.63, 3.8) is 0 Å². The summed E-state index contributed by atoms with van der Waals surface area (Å²) in [5, 5.41) is 10.2. The first kappa shape index (κ1) is 17.4. The van der Waals surface area contributed by atoms with Crippen molar-refractivity contribution < 1.29 is 29.0 Å². The first-order valence-electron chi connectivity index (χ1n) is 8.78. The summed E-state index contributed by atoms with van der Waals surface area (Å²) in [6, 6.07) is 16.6. The van der Waals surface area contributed by atoms with E-state index in [0.29, 0.717) is 11.8 Å². The van der Waals surface area contributed by atoms with Gasteiger partial charge in [0.1, 0.15) is 6.29 Å². The second kappa shape index (κ2) is 6.96. The highest BCUT2D eigenvalue weighted by Crippen LogP contribution is 2.41. The molecule has 1 N–H and O–H groups in total.